The van der Waals surface area contributed by atoms with Gasteiger partial charge in [-0.1, -0.05) is 12.8 Å². The highest BCUT2D eigenvalue weighted by molar-refractivity contribution is 7.86. The molecule has 0 rings (SSSR count). The third-order valence-corrected chi connectivity index (χ3v) is 6.28. The first-order valence-corrected chi connectivity index (χ1v) is 15.7. The summed E-state index contributed by atoms with van der Waals surface area (Å²) in [5.41, 5.74) is 0. The van der Waals surface area contributed by atoms with E-state index in [0.717, 1.165) is 43.9 Å². The van der Waals surface area contributed by atoms with Crippen LogP contribution < -0.4 is 0 Å². The Morgan fingerprint density at radius 2 is 1.26 bits per heavy atom. The van der Waals surface area contributed by atoms with Crippen LogP contribution in [0.3, 0.4) is 0 Å². The molecule has 204 valence electrons. The van der Waals surface area contributed by atoms with Crippen LogP contribution in [0.4, 0.5) is 0 Å². The van der Waals surface area contributed by atoms with Gasteiger partial charge >= 0.3 is 11.9 Å². The van der Waals surface area contributed by atoms with E-state index in [1.54, 1.807) is 0 Å². The number of hydrogen-bond acceptors (Lipinski definition) is 12. The zero-order valence-corrected chi connectivity index (χ0v) is 23.9. The predicted octanol–water partition coefficient (Wildman–Crippen LogP) is 2.77. The summed E-state index contributed by atoms with van der Waals surface area (Å²) in [5.74, 6) is 0.423. The van der Waals surface area contributed by atoms with E-state index in [1.165, 1.54) is 14.2 Å². The highest BCUT2D eigenvalue weighted by Crippen LogP contribution is 2.14. The van der Waals surface area contributed by atoms with Crippen LogP contribution in [-0.2, 0) is 47.7 Å². The van der Waals surface area contributed by atoms with Gasteiger partial charge in [0.1, 0.15) is 0 Å². The van der Waals surface area contributed by atoms with Crippen molar-refractivity contribution in [2.45, 2.75) is 75.6 Å². The number of methoxy groups -OCH3 is 2. The maximum Gasteiger partial charge on any atom is 0.305 e. The topological polar surface area (TPSA) is 139 Å². The number of unbranched alkanes of at least 4 members (excludes halogenated alkanes) is 2. The van der Waals surface area contributed by atoms with Crippen LogP contribution >= 0.6 is 25.3 Å². The molecule has 0 heterocycles. The van der Waals surface area contributed by atoms with Crippen molar-refractivity contribution >= 4 is 57.4 Å². The molecule has 0 aromatic rings. The Labute approximate surface area is 215 Å². The van der Waals surface area contributed by atoms with Gasteiger partial charge in [0.15, 0.2) is 0 Å². The van der Waals surface area contributed by atoms with Crippen molar-refractivity contribution in [3.05, 3.63) is 0 Å². The third kappa shape index (κ3) is 27.7. The zero-order valence-electron chi connectivity index (χ0n) is 20.4. The zero-order chi connectivity index (χ0) is 26.6. The van der Waals surface area contributed by atoms with E-state index in [-0.39, 0.29) is 31.4 Å². The molecule has 0 aromatic carbocycles. The lowest BCUT2D eigenvalue weighted by atomic mass is 10.1. The van der Waals surface area contributed by atoms with Crippen LogP contribution in [0.15, 0.2) is 0 Å². The minimum atomic E-state index is -3.64. The molecule has 0 spiro atoms. The Hall–Kier alpha value is -0.540. The Morgan fingerprint density at radius 3 is 1.68 bits per heavy atom. The minimum absolute atomic E-state index is 0.120. The Morgan fingerprint density at radius 1 is 0.765 bits per heavy atom. The SMILES string of the molecule is COC(=O)CCCC[C@@H](CCOS(C)(=O)=O)OS(C)(=O)=O.COC(=O)CCCC[C@H](S)CCS. The minimum Gasteiger partial charge on any atom is -0.469 e. The molecule has 0 aliphatic rings. The van der Waals surface area contributed by atoms with Crippen molar-refractivity contribution in [2.24, 2.45) is 0 Å². The maximum atomic E-state index is 11.1. The first kappa shape index (κ1) is 35.6. The molecule has 0 aromatic heterocycles. The molecule has 0 bridgehead atoms. The maximum absolute atomic E-state index is 11.1. The summed E-state index contributed by atoms with van der Waals surface area (Å²) in [6.07, 6.45) is 7.52. The van der Waals surface area contributed by atoms with Gasteiger partial charge in [0, 0.05) is 18.1 Å². The summed E-state index contributed by atoms with van der Waals surface area (Å²) in [5, 5.41) is 0.426. The number of carbonyl (C=O) groups is 2. The summed E-state index contributed by atoms with van der Waals surface area (Å²) in [6, 6.07) is 0. The van der Waals surface area contributed by atoms with Crippen molar-refractivity contribution in [2.75, 3.05) is 39.1 Å². The normalized spacial score (nSPS) is 13.4. The molecule has 0 fully saturated rings. The van der Waals surface area contributed by atoms with E-state index in [2.05, 4.69) is 38.9 Å². The van der Waals surface area contributed by atoms with E-state index in [0.29, 0.717) is 30.9 Å². The first-order chi connectivity index (χ1) is 15.7. The van der Waals surface area contributed by atoms with Crippen molar-refractivity contribution in [3.8, 4) is 0 Å². The second-order valence-corrected chi connectivity index (χ2v) is 12.0. The monoisotopic (exact) mass is 568 g/mol. The number of hydrogen-bond donors (Lipinski definition) is 2. The van der Waals surface area contributed by atoms with Gasteiger partial charge in [-0.3, -0.25) is 18.0 Å². The van der Waals surface area contributed by atoms with Crippen LogP contribution in [0.25, 0.3) is 0 Å². The molecule has 10 nitrogen and oxygen atoms in total. The molecule has 0 radical (unpaired) electrons. The van der Waals surface area contributed by atoms with Gasteiger partial charge in [-0.25, -0.2) is 0 Å². The van der Waals surface area contributed by atoms with Gasteiger partial charge in [0.2, 0.25) is 0 Å². The lowest BCUT2D eigenvalue weighted by Crippen LogP contribution is -2.20. The van der Waals surface area contributed by atoms with E-state index in [1.807, 2.05) is 0 Å². The number of rotatable bonds is 18. The number of ether oxygens (including phenoxy) is 2. The Balaban J connectivity index is 0. The van der Waals surface area contributed by atoms with E-state index in [4.69, 9.17) is 4.18 Å². The quantitative estimate of drug-likeness (QED) is 0.110. The second kappa shape index (κ2) is 20.6. The van der Waals surface area contributed by atoms with E-state index in [9.17, 15) is 26.4 Å². The van der Waals surface area contributed by atoms with Crippen molar-refractivity contribution in [3.63, 3.8) is 0 Å². The molecular weight excluding hydrogens is 528 g/mol. The van der Waals surface area contributed by atoms with Crippen molar-refractivity contribution in [1.29, 1.82) is 0 Å². The molecule has 0 saturated carbocycles. The van der Waals surface area contributed by atoms with Crippen LogP contribution in [0.2, 0.25) is 0 Å². The van der Waals surface area contributed by atoms with Gasteiger partial charge in [-0.2, -0.15) is 42.1 Å². The molecule has 0 aliphatic heterocycles. The summed E-state index contributed by atoms with van der Waals surface area (Å²) in [4.78, 5) is 21.7. The number of thiol groups is 2. The van der Waals surface area contributed by atoms with Gasteiger partial charge in [0.05, 0.1) is 39.4 Å². The standard InChI is InChI=1S/C11H22O8S2.C9H18O2S2/c1-17-11(12)7-5-4-6-10(19-21(3,15)16)8-9-18-20(2,13)14;1-11-9(10)5-3-2-4-8(13)6-7-12/h10H,4-9H2,1-3H3;8,12-13H,2-7H2,1H3/t10-;8-/m00/s1. The van der Waals surface area contributed by atoms with Crippen LogP contribution in [0.1, 0.15) is 64.2 Å². The average Bonchev–Trinajstić information content (AvgIpc) is 2.72. The molecular formula is C20H40O10S4. The molecule has 0 saturated heterocycles. The van der Waals surface area contributed by atoms with Gasteiger partial charge in [-0.15, -0.1) is 0 Å². The summed E-state index contributed by atoms with van der Waals surface area (Å²) in [7, 11) is -4.50. The van der Waals surface area contributed by atoms with E-state index >= 15 is 0 Å². The molecule has 34 heavy (non-hydrogen) atoms. The fourth-order valence-electron chi connectivity index (χ4n) is 2.61. The fraction of sp³-hybridized carbons (Fsp3) is 0.900. The second-order valence-electron chi connectivity index (χ2n) is 7.55. The largest absolute Gasteiger partial charge is 0.469 e. The van der Waals surface area contributed by atoms with Crippen molar-refractivity contribution < 1.29 is 44.3 Å². The number of esters is 2. The molecule has 0 amide bonds. The summed E-state index contributed by atoms with van der Waals surface area (Å²) in [6.45, 7) is -0.157. The van der Waals surface area contributed by atoms with Gasteiger partial charge in [0.25, 0.3) is 20.2 Å². The van der Waals surface area contributed by atoms with Gasteiger partial charge in [-0.05, 0) is 44.3 Å². The third-order valence-electron chi connectivity index (χ3n) is 4.29. The van der Waals surface area contributed by atoms with Crippen LogP contribution in [0.5, 0.6) is 0 Å². The first-order valence-electron chi connectivity index (χ1n) is 10.9. The fourth-order valence-corrected chi connectivity index (χ4v) is 4.52. The van der Waals surface area contributed by atoms with Gasteiger partial charge < -0.3 is 9.47 Å². The lowest BCUT2D eigenvalue weighted by Gasteiger charge is -2.15. The number of carbonyl (C=O) groups excluding carboxylic acids is 2. The highest BCUT2D eigenvalue weighted by Gasteiger charge is 2.17. The Bertz CT molecular complexity index is 753. The molecule has 0 aliphatic carbocycles. The summed E-state index contributed by atoms with van der Waals surface area (Å²) >= 11 is 8.52. The van der Waals surface area contributed by atoms with Crippen LogP contribution in [-0.4, -0.2) is 79.2 Å². The highest BCUT2D eigenvalue weighted by atomic mass is 32.2. The average molecular weight is 569 g/mol. The van der Waals surface area contributed by atoms with Crippen molar-refractivity contribution in [1.82, 2.24) is 0 Å². The molecule has 14 heteroatoms. The Kier molecular flexibility index (Phi) is 21.6. The lowest BCUT2D eigenvalue weighted by molar-refractivity contribution is -0.141. The summed E-state index contributed by atoms with van der Waals surface area (Å²) < 4.78 is 62.4. The molecule has 0 unspecified atom stereocenters. The predicted molar refractivity (Wildman–Crippen MR) is 137 cm³/mol. The molecule has 0 N–H and O–H groups in total. The molecule has 2 atom stereocenters. The van der Waals surface area contributed by atoms with E-state index < -0.39 is 26.3 Å². The smallest absolute Gasteiger partial charge is 0.305 e. The van der Waals surface area contributed by atoms with Crippen LogP contribution in [0, 0.1) is 0 Å².